The lowest BCUT2D eigenvalue weighted by Gasteiger charge is -2.14. The van der Waals surface area contributed by atoms with Gasteiger partial charge in [0.2, 0.25) is 4.80 Å². The number of carbonyl (C=O) groups excluding carboxylic acids is 1. The van der Waals surface area contributed by atoms with E-state index in [1.807, 2.05) is 51.1 Å². The smallest absolute Gasteiger partial charge is 0.497 e. The van der Waals surface area contributed by atoms with Crippen molar-refractivity contribution < 1.29 is 27.4 Å². The first-order chi connectivity index (χ1) is 22.5. The maximum absolute atomic E-state index is 13.3. The molecule has 5 rings (SSSR count). The summed E-state index contributed by atoms with van der Waals surface area (Å²) in [5, 5.41) is 7.22. The van der Waals surface area contributed by atoms with Crippen molar-refractivity contribution in [1.29, 1.82) is 0 Å². The van der Waals surface area contributed by atoms with Crippen LogP contribution in [0.25, 0.3) is 22.8 Å². The van der Waals surface area contributed by atoms with Gasteiger partial charge in [0.15, 0.2) is 5.82 Å². The largest absolute Gasteiger partial charge is 0.573 e. The van der Waals surface area contributed by atoms with E-state index in [0.717, 1.165) is 28.2 Å². The third kappa shape index (κ3) is 7.98. The molecule has 0 atom stereocenters. The van der Waals surface area contributed by atoms with Gasteiger partial charge in [-0.3, -0.25) is 0 Å². The summed E-state index contributed by atoms with van der Waals surface area (Å²) in [6.07, 6.45) is -2.77. The molecular formula is C32H32F3N7O4S. The zero-order valence-corrected chi connectivity index (χ0v) is 26.8. The topological polar surface area (TPSA) is 118 Å². The maximum Gasteiger partial charge on any atom is 0.573 e. The number of aromatic nitrogens is 5. The van der Waals surface area contributed by atoms with Gasteiger partial charge in [-0.15, -0.1) is 18.3 Å². The van der Waals surface area contributed by atoms with Gasteiger partial charge in [-0.25, -0.2) is 27.8 Å². The monoisotopic (exact) mass is 667 g/mol. The zero-order chi connectivity index (χ0) is 33.7. The molecule has 0 aliphatic rings. The predicted molar refractivity (Wildman–Crippen MR) is 170 cm³/mol. The SMILES string of the molecule is CCn1sc(=NC(=O)NCCc2ccc(-c3ncn(-c4ccc(OC(F)(F)F)cc4)n3)cc2)n(-c2ccc(OC)cc2C(C)C)c1=O. The Morgan fingerprint density at radius 3 is 2.38 bits per heavy atom. The Labute approximate surface area is 271 Å². The number of rotatable bonds is 10. The van der Waals surface area contributed by atoms with Crippen molar-refractivity contribution in [1.82, 2.24) is 28.6 Å². The number of nitrogens with one attached hydrogen (secondary N) is 1. The predicted octanol–water partition coefficient (Wildman–Crippen LogP) is 5.85. The van der Waals surface area contributed by atoms with E-state index in [4.69, 9.17) is 4.74 Å². The summed E-state index contributed by atoms with van der Waals surface area (Å²) in [5.74, 6) is 0.866. The summed E-state index contributed by atoms with van der Waals surface area (Å²) in [5.41, 5.74) is 3.47. The molecule has 0 unspecified atom stereocenters. The Hall–Kier alpha value is -5.18. The third-order valence-electron chi connectivity index (χ3n) is 7.10. The minimum Gasteiger partial charge on any atom is -0.497 e. The van der Waals surface area contributed by atoms with Gasteiger partial charge in [-0.2, -0.15) is 4.99 Å². The van der Waals surface area contributed by atoms with Crippen LogP contribution in [-0.2, 0) is 13.0 Å². The molecule has 0 saturated carbocycles. The van der Waals surface area contributed by atoms with Crippen LogP contribution >= 0.6 is 11.5 Å². The quantitative estimate of drug-likeness (QED) is 0.200. The van der Waals surface area contributed by atoms with Gasteiger partial charge in [0, 0.05) is 18.7 Å². The van der Waals surface area contributed by atoms with Crippen molar-refractivity contribution in [2.75, 3.05) is 13.7 Å². The number of amides is 2. The van der Waals surface area contributed by atoms with E-state index in [1.165, 1.54) is 39.8 Å². The van der Waals surface area contributed by atoms with E-state index in [-0.39, 0.29) is 22.2 Å². The van der Waals surface area contributed by atoms with Crippen molar-refractivity contribution >= 4 is 17.6 Å². The highest BCUT2D eigenvalue weighted by Crippen LogP contribution is 2.27. The molecule has 47 heavy (non-hydrogen) atoms. The molecule has 5 aromatic rings. The van der Waals surface area contributed by atoms with E-state index in [2.05, 4.69) is 25.1 Å². The molecule has 3 aromatic carbocycles. The molecule has 0 bridgehead atoms. The third-order valence-corrected chi connectivity index (χ3v) is 8.17. The molecule has 0 radical (unpaired) electrons. The van der Waals surface area contributed by atoms with Crippen molar-refractivity contribution in [3.05, 3.63) is 99.5 Å². The van der Waals surface area contributed by atoms with Gasteiger partial charge in [-0.1, -0.05) is 38.1 Å². The maximum atomic E-state index is 13.3. The number of nitrogens with zero attached hydrogens (tertiary/aromatic N) is 6. The number of halogens is 3. The standard InChI is InChI=1S/C32H32F3N7O4S/c1-5-41-31(44)42(27-15-14-25(45-4)18-26(27)20(2)3)30(47-41)38-29(43)36-17-16-21-6-8-22(9-7-21)28-37-19-40(39-28)23-10-12-24(13-11-23)46-32(33,34)35/h6-15,18-20H,5,16-17H2,1-4H3,(H,36,43). The van der Waals surface area contributed by atoms with Crippen LogP contribution in [0.15, 0.2) is 82.8 Å². The first-order valence-corrected chi connectivity index (χ1v) is 15.4. The second-order valence-corrected chi connectivity index (χ2v) is 11.6. The fraction of sp³-hybridized carbons (Fsp3) is 0.281. The second kappa shape index (κ2) is 14.1. The lowest BCUT2D eigenvalue weighted by Crippen LogP contribution is -2.31. The normalized spacial score (nSPS) is 12.0. The van der Waals surface area contributed by atoms with Crippen LogP contribution in [0.1, 0.15) is 37.8 Å². The lowest BCUT2D eigenvalue weighted by molar-refractivity contribution is -0.274. The average Bonchev–Trinajstić information content (AvgIpc) is 3.65. The number of methoxy groups -OCH3 is 1. The van der Waals surface area contributed by atoms with Crippen molar-refractivity contribution in [2.24, 2.45) is 4.99 Å². The summed E-state index contributed by atoms with van der Waals surface area (Å²) in [6.45, 7) is 6.64. The summed E-state index contributed by atoms with van der Waals surface area (Å²) in [6, 6.07) is 17.7. The highest BCUT2D eigenvalue weighted by atomic mass is 32.1. The van der Waals surface area contributed by atoms with Gasteiger partial charge in [0.1, 0.15) is 17.8 Å². The number of carbonyl (C=O) groups is 1. The van der Waals surface area contributed by atoms with Crippen LogP contribution in [0.5, 0.6) is 11.5 Å². The highest BCUT2D eigenvalue weighted by molar-refractivity contribution is 7.03. The lowest BCUT2D eigenvalue weighted by atomic mass is 10.0. The summed E-state index contributed by atoms with van der Waals surface area (Å²) >= 11 is 1.12. The number of aryl methyl sites for hydroxylation is 1. The minimum absolute atomic E-state index is 0.0871. The molecule has 0 aliphatic heterocycles. The molecule has 1 N–H and O–H groups in total. The molecule has 246 valence electrons. The van der Waals surface area contributed by atoms with Crippen LogP contribution in [0, 0.1) is 0 Å². The Balaban J connectivity index is 1.24. The van der Waals surface area contributed by atoms with Gasteiger partial charge in [0.05, 0.1) is 18.5 Å². The minimum atomic E-state index is -4.76. The molecule has 2 heterocycles. The summed E-state index contributed by atoms with van der Waals surface area (Å²) in [7, 11) is 1.58. The van der Waals surface area contributed by atoms with E-state index in [0.29, 0.717) is 42.5 Å². The number of alkyl halides is 3. The number of hydrogen-bond donors (Lipinski definition) is 1. The number of hydrogen-bond acceptors (Lipinski definition) is 7. The highest BCUT2D eigenvalue weighted by Gasteiger charge is 2.31. The van der Waals surface area contributed by atoms with Crippen LogP contribution in [0.4, 0.5) is 18.0 Å². The van der Waals surface area contributed by atoms with Crippen LogP contribution in [0.2, 0.25) is 0 Å². The Morgan fingerprint density at radius 1 is 1.04 bits per heavy atom. The molecular weight excluding hydrogens is 635 g/mol. The zero-order valence-electron chi connectivity index (χ0n) is 26.0. The fourth-order valence-corrected chi connectivity index (χ4v) is 5.62. The van der Waals surface area contributed by atoms with E-state index in [1.54, 1.807) is 23.2 Å². The molecule has 0 saturated heterocycles. The van der Waals surface area contributed by atoms with Gasteiger partial charge < -0.3 is 14.8 Å². The van der Waals surface area contributed by atoms with E-state index in [9.17, 15) is 22.8 Å². The van der Waals surface area contributed by atoms with Crippen molar-refractivity contribution in [2.45, 2.75) is 46.0 Å². The first-order valence-electron chi connectivity index (χ1n) is 14.7. The van der Waals surface area contributed by atoms with Crippen LogP contribution in [0.3, 0.4) is 0 Å². The van der Waals surface area contributed by atoms with Gasteiger partial charge >= 0.3 is 18.1 Å². The average molecular weight is 668 g/mol. The number of benzene rings is 3. The number of ether oxygens (including phenoxy) is 2. The van der Waals surface area contributed by atoms with Crippen molar-refractivity contribution in [3.63, 3.8) is 0 Å². The summed E-state index contributed by atoms with van der Waals surface area (Å²) in [4.78, 5) is 34.9. The molecule has 11 nitrogen and oxygen atoms in total. The number of urea groups is 1. The summed E-state index contributed by atoms with van der Waals surface area (Å²) < 4.78 is 51.0. The molecule has 15 heteroatoms. The molecule has 0 fully saturated rings. The molecule has 2 aromatic heterocycles. The first kappa shape index (κ1) is 33.2. The van der Waals surface area contributed by atoms with Gasteiger partial charge in [-0.05, 0) is 84.4 Å². The van der Waals surface area contributed by atoms with E-state index >= 15 is 0 Å². The van der Waals surface area contributed by atoms with Gasteiger partial charge in [0.25, 0.3) is 0 Å². The molecule has 2 amide bonds. The second-order valence-electron chi connectivity index (χ2n) is 10.6. The van der Waals surface area contributed by atoms with E-state index < -0.39 is 12.4 Å². The molecule has 0 aliphatic carbocycles. The van der Waals surface area contributed by atoms with Crippen molar-refractivity contribution in [3.8, 4) is 34.3 Å². The Bertz CT molecular complexity index is 1980. The van der Waals surface area contributed by atoms with Crippen LogP contribution in [-0.4, -0.2) is 49.3 Å². The van der Waals surface area contributed by atoms with Crippen LogP contribution < -0.4 is 25.3 Å². The fourth-order valence-electron chi connectivity index (χ4n) is 4.75. The Kier molecular flexibility index (Phi) is 9.94. The Morgan fingerprint density at radius 2 is 1.74 bits per heavy atom. The molecule has 0 spiro atoms.